The van der Waals surface area contributed by atoms with Crippen molar-refractivity contribution in [3.05, 3.63) is 12.1 Å². The fraction of sp³-hybridized carbons (Fsp3) is 0.417. The minimum Gasteiger partial charge on any atom is -0.486 e. The fourth-order valence-corrected chi connectivity index (χ4v) is 2.29. The highest BCUT2D eigenvalue weighted by atomic mass is 16.6. The normalized spacial score (nSPS) is 21.3. The van der Waals surface area contributed by atoms with E-state index in [2.05, 4.69) is 5.32 Å². The zero-order valence-corrected chi connectivity index (χ0v) is 10.1. The summed E-state index contributed by atoms with van der Waals surface area (Å²) in [4.78, 5) is 13.7. The van der Waals surface area contributed by atoms with E-state index >= 15 is 0 Å². The molecule has 0 radical (unpaired) electrons. The van der Waals surface area contributed by atoms with Gasteiger partial charge in [-0.05, 0) is 0 Å². The molecule has 0 saturated carbocycles. The molecule has 0 bridgehead atoms. The molecule has 3 rings (SSSR count). The maximum Gasteiger partial charge on any atom is 0.248 e. The van der Waals surface area contributed by atoms with Crippen molar-refractivity contribution in [1.82, 2.24) is 0 Å². The number of nitrogens with one attached hydrogen (secondary N) is 1. The number of hydrogen-bond donors (Lipinski definition) is 2. The van der Waals surface area contributed by atoms with Gasteiger partial charge in [-0.3, -0.25) is 4.79 Å². The molecule has 1 aromatic carbocycles. The van der Waals surface area contributed by atoms with Gasteiger partial charge in [0.1, 0.15) is 19.3 Å². The summed E-state index contributed by atoms with van der Waals surface area (Å²) in [6.07, 6.45) is 0. The molecule has 0 aliphatic carbocycles. The van der Waals surface area contributed by atoms with Crippen LogP contribution < -0.4 is 25.4 Å². The van der Waals surface area contributed by atoms with E-state index < -0.39 is 0 Å². The molecule has 0 spiro atoms. The minimum atomic E-state index is -0.347. The highest BCUT2D eigenvalue weighted by Crippen LogP contribution is 2.41. The van der Waals surface area contributed by atoms with Crippen molar-refractivity contribution in [2.75, 3.05) is 37.0 Å². The van der Waals surface area contributed by atoms with Crippen LogP contribution in [-0.4, -0.2) is 38.8 Å². The van der Waals surface area contributed by atoms with E-state index in [9.17, 15) is 4.79 Å². The van der Waals surface area contributed by atoms with Crippen molar-refractivity contribution < 1.29 is 14.3 Å². The second-order valence-corrected chi connectivity index (χ2v) is 4.36. The average Bonchev–Trinajstić information content (AvgIpc) is 2.37. The topological polar surface area (TPSA) is 76.8 Å². The van der Waals surface area contributed by atoms with Crippen LogP contribution in [-0.2, 0) is 4.79 Å². The number of fused-ring (bicyclic) bond motifs is 2. The number of carbonyl (C=O) groups excluding carboxylic acids is 1. The molecule has 1 unspecified atom stereocenters. The van der Waals surface area contributed by atoms with Crippen molar-refractivity contribution in [2.24, 2.45) is 5.73 Å². The van der Waals surface area contributed by atoms with Gasteiger partial charge in [-0.15, -0.1) is 0 Å². The first kappa shape index (κ1) is 11.2. The standard InChI is InChI=1S/C12H15N3O3/c1-15-8-5-11-10(17-2-3-18-11)4-7(8)14-12(16)9(15)6-13/h4-5,9H,2-3,6,13H2,1H3,(H,14,16). The molecule has 2 aliphatic heterocycles. The predicted octanol–water partition coefficient (Wildman–Crippen LogP) is 0.173. The Labute approximate surface area is 105 Å². The van der Waals surface area contributed by atoms with Gasteiger partial charge < -0.3 is 25.4 Å². The van der Waals surface area contributed by atoms with E-state index in [0.29, 0.717) is 24.7 Å². The number of amides is 1. The molecule has 2 aliphatic rings. The molecule has 18 heavy (non-hydrogen) atoms. The Morgan fingerprint density at radius 1 is 1.39 bits per heavy atom. The van der Waals surface area contributed by atoms with Gasteiger partial charge in [0.15, 0.2) is 11.5 Å². The Morgan fingerprint density at radius 3 is 2.72 bits per heavy atom. The van der Waals surface area contributed by atoms with Crippen LogP contribution in [0.3, 0.4) is 0 Å². The van der Waals surface area contributed by atoms with Crippen LogP contribution in [0, 0.1) is 0 Å². The van der Waals surface area contributed by atoms with Gasteiger partial charge in [0.05, 0.1) is 11.4 Å². The third-order valence-corrected chi connectivity index (χ3v) is 3.29. The van der Waals surface area contributed by atoms with E-state index in [-0.39, 0.29) is 18.5 Å². The highest BCUT2D eigenvalue weighted by molar-refractivity contribution is 6.04. The maximum atomic E-state index is 11.9. The summed E-state index contributed by atoms with van der Waals surface area (Å²) < 4.78 is 11.0. The van der Waals surface area contributed by atoms with Gasteiger partial charge in [-0.1, -0.05) is 0 Å². The first-order valence-electron chi connectivity index (χ1n) is 5.88. The maximum absolute atomic E-state index is 11.9. The van der Waals surface area contributed by atoms with Crippen LogP contribution in [0.25, 0.3) is 0 Å². The van der Waals surface area contributed by atoms with E-state index in [1.807, 2.05) is 18.0 Å². The molecule has 1 aromatic rings. The van der Waals surface area contributed by atoms with Crippen LogP contribution in [0.1, 0.15) is 0 Å². The van der Waals surface area contributed by atoms with E-state index in [0.717, 1.165) is 11.4 Å². The number of nitrogens with two attached hydrogens (primary N) is 1. The Bertz CT molecular complexity index is 504. The number of likely N-dealkylation sites (N-methyl/N-ethyl adjacent to an activating group) is 1. The third-order valence-electron chi connectivity index (χ3n) is 3.29. The van der Waals surface area contributed by atoms with Crippen molar-refractivity contribution in [1.29, 1.82) is 0 Å². The van der Waals surface area contributed by atoms with Gasteiger partial charge >= 0.3 is 0 Å². The molecule has 3 N–H and O–H groups in total. The number of nitrogens with zero attached hydrogens (tertiary/aromatic N) is 1. The molecular weight excluding hydrogens is 234 g/mol. The van der Waals surface area contributed by atoms with E-state index in [4.69, 9.17) is 15.2 Å². The van der Waals surface area contributed by atoms with E-state index in [1.165, 1.54) is 0 Å². The van der Waals surface area contributed by atoms with Crippen LogP contribution in [0.15, 0.2) is 12.1 Å². The van der Waals surface area contributed by atoms with Crippen molar-refractivity contribution in [3.63, 3.8) is 0 Å². The summed E-state index contributed by atoms with van der Waals surface area (Å²) in [5.74, 6) is 1.28. The first-order valence-corrected chi connectivity index (χ1v) is 5.88. The lowest BCUT2D eigenvalue weighted by molar-refractivity contribution is -0.117. The van der Waals surface area contributed by atoms with Crippen LogP contribution in [0.5, 0.6) is 11.5 Å². The number of ether oxygens (including phenoxy) is 2. The largest absolute Gasteiger partial charge is 0.486 e. The number of anilines is 2. The molecule has 0 aromatic heterocycles. The Kier molecular flexibility index (Phi) is 2.52. The molecule has 2 heterocycles. The molecule has 6 nitrogen and oxygen atoms in total. The summed E-state index contributed by atoms with van der Waals surface area (Å²) >= 11 is 0. The summed E-state index contributed by atoms with van der Waals surface area (Å²) in [5, 5.41) is 2.85. The lowest BCUT2D eigenvalue weighted by atomic mass is 10.1. The number of hydrogen-bond acceptors (Lipinski definition) is 5. The Hall–Kier alpha value is -1.95. The SMILES string of the molecule is CN1c2cc3c(cc2NC(=O)C1CN)OCCO3. The smallest absolute Gasteiger partial charge is 0.248 e. The van der Waals surface area contributed by atoms with Gasteiger partial charge in [0.2, 0.25) is 5.91 Å². The summed E-state index contributed by atoms with van der Waals surface area (Å²) in [6, 6.07) is 3.33. The molecule has 1 atom stereocenters. The second kappa shape index (κ2) is 4.06. The minimum absolute atomic E-state index is 0.0934. The lowest BCUT2D eigenvalue weighted by Crippen LogP contribution is -2.50. The lowest BCUT2D eigenvalue weighted by Gasteiger charge is -2.35. The number of rotatable bonds is 1. The fourth-order valence-electron chi connectivity index (χ4n) is 2.29. The third kappa shape index (κ3) is 1.57. The zero-order valence-electron chi connectivity index (χ0n) is 10.1. The predicted molar refractivity (Wildman–Crippen MR) is 67.3 cm³/mol. The van der Waals surface area contributed by atoms with Gasteiger partial charge in [-0.25, -0.2) is 0 Å². The highest BCUT2D eigenvalue weighted by Gasteiger charge is 2.31. The molecular formula is C12H15N3O3. The van der Waals surface area contributed by atoms with Crippen LogP contribution >= 0.6 is 0 Å². The van der Waals surface area contributed by atoms with Gasteiger partial charge in [0, 0.05) is 25.7 Å². The van der Waals surface area contributed by atoms with Gasteiger partial charge in [0.25, 0.3) is 0 Å². The molecule has 0 fully saturated rings. The quantitative estimate of drug-likeness (QED) is 0.742. The first-order chi connectivity index (χ1) is 8.70. The number of carbonyl (C=O) groups is 1. The summed E-state index contributed by atoms with van der Waals surface area (Å²) in [6.45, 7) is 1.35. The summed E-state index contributed by atoms with van der Waals surface area (Å²) in [7, 11) is 1.85. The second-order valence-electron chi connectivity index (χ2n) is 4.36. The molecule has 0 saturated heterocycles. The number of benzene rings is 1. The molecule has 1 amide bonds. The monoisotopic (exact) mass is 249 g/mol. The van der Waals surface area contributed by atoms with Crippen molar-refractivity contribution in [2.45, 2.75) is 6.04 Å². The molecule has 96 valence electrons. The Morgan fingerprint density at radius 2 is 2.06 bits per heavy atom. The average molecular weight is 249 g/mol. The van der Waals surface area contributed by atoms with Crippen LogP contribution in [0.4, 0.5) is 11.4 Å². The zero-order chi connectivity index (χ0) is 12.7. The van der Waals surface area contributed by atoms with Crippen LogP contribution in [0.2, 0.25) is 0 Å². The molecule has 6 heteroatoms. The van der Waals surface area contributed by atoms with Crippen molar-refractivity contribution in [3.8, 4) is 11.5 Å². The van der Waals surface area contributed by atoms with Crippen molar-refractivity contribution >= 4 is 17.3 Å². The van der Waals surface area contributed by atoms with E-state index in [1.54, 1.807) is 6.07 Å². The summed E-state index contributed by atoms with van der Waals surface area (Å²) in [5.41, 5.74) is 7.25. The Balaban J connectivity index is 2.06. The van der Waals surface area contributed by atoms with Gasteiger partial charge in [-0.2, -0.15) is 0 Å².